The smallest absolute Gasteiger partial charge is 0.0518 e. The molecule has 0 amide bonds. The molecule has 0 spiro atoms. The molecule has 0 unspecified atom stereocenters. The summed E-state index contributed by atoms with van der Waals surface area (Å²) >= 11 is 0. The summed E-state index contributed by atoms with van der Waals surface area (Å²) in [6.07, 6.45) is 3.45. The molecule has 13 heavy (non-hydrogen) atoms. The molecule has 0 saturated carbocycles. The van der Waals surface area contributed by atoms with E-state index < -0.39 is 0 Å². The van der Waals surface area contributed by atoms with E-state index in [2.05, 4.69) is 0 Å². The Balaban J connectivity index is 2.84. The maximum atomic E-state index is 5.38. The molecule has 80 valence electrons. The van der Waals surface area contributed by atoms with Gasteiger partial charge in [-0.1, -0.05) is 0 Å². The SMILES string of the molecule is CC(C)OCCCOCCCCN. The van der Waals surface area contributed by atoms with Gasteiger partial charge in [-0.2, -0.15) is 0 Å². The molecule has 0 aromatic rings. The zero-order valence-corrected chi connectivity index (χ0v) is 8.92. The summed E-state index contributed by atoms with van der Waals surface area (Å²) < 4.78 is 10.8. The van der Waals surface area contributed by atoms with Crippen LogP contribution in [0.15, 0.2) is 0 Å². The second-order valence-corrected chi connectivity index (χ2v) is 3.38. The summed E-state index contributed by atoms with van der Waals surface area (Å²) in [6.45, 7) is 7.29. The van der Waals surface area contributed by atoms with Crippen molar-refractivity contribution in [3.05, 3.63) is 0 Å². The quantitative estimate of drug-likeness (QED) is 0.560. The first-order valence-corrected chi connectivity index (χ1v) is 5.16. The summed E-state index contributed by atoms with van der Waals surface area (Å²) in [4.78, 5) is 0. The first kappa shape index (κ1) is 12.9. The monoisotopic (exact) mass is 189 g/mol. The predicted molar refractivity (Wildman–Crippen MR) is 54.8 cm³/mol. The molecule has 0 saturated heterocycles. The van der Waals surface area contributed by atoms with Crippen molar-refractivity contribution in [3.8, 4) is 0 Å². The number of hydrogen-bond donors (Lipinski definition) is 1. The Morgan fingerprint density at radius 2 is 1.69 bits per heavy atom. The van der Waals surface area contributed by atoms with Gasteiger partial charge < -0.3 is 15.2 Å². The molecule has 3 nitrogen and oxygen atoms in total. The predicted octanol–water partition coefficient (Wildman–Crippen LogP) is 1.56. The van der Waals surface area contributed by atoms with Crippen molar-refractivity contribution in [1.29, 1.82) is 0 Å². The Morgan fingerprint density at radius 3 is 2.31 bits per heavy atom. The standard InChI is InChI=1S/C10H23NO2/c1-10(2)13-9-5-8-12-7-4-3-6-11/h10H,3-9,11H2,1-2H3. The number of ether oxygens (including phenoxy) is 2. The van der Waals surface area contributed by atoms with Gasteiger partial charge in [0.1, 0.15) is 0 Å². The van der Waals surface area contributed by atoms with Crippen LogP contribution in [0.3, 0.4) is 0 Å². The number of unbranched alkanes of at least 4 members (excludes halogenated alkanes) is 1. The average molecular weight is 189 g/mol. The second kappa shape index (κ2) is 9.96. The van der Waals surface area contributed by atoms with Crippen LogP contribution >= 0.6 is 0 Å². The lowest BCUT2D eigenvalue weighted by Gasteiger charge is -2.07. The molecule has 0 rings (SSSR count). The fraction of sp³-hybridized carbons (Fsp3) is 1.00. The normalized spacial score (nSPS) is 11.1. The Kier molecular flexibility index (Phi) is 9.87. The van der Waals surface area contributed by atoms with Crippen LogP contribution in [0.2, 0.25) is 0 Å². The van der Waals surface area contributed by atoms with Gasteiger partial charge in [0.05, 0.1) is 6.10 Å². The van der Waals surface area contributed by atoms with Crippen LogP contribution in [-0.2, 0) is 9.47 Å². The lowest BCUT2D eigenvalue weighted by molar-refractivity contribution is 0.0508. The zero-order valence-electron chi connectivity index (χ0n) is 8.92. The highest BCUT2D eigenvalue weighted by atomic mass is 16.5. The van der Waals surface area contributed by atoms with Crippen molar-refractivity contribution in [3.63, 3.8) is 0 Å². The molecule has 3 heteroatoms. The van der Waals surface area contributed by atoms with Crippen LogP contribution in [0.1, 0.15) is 33.1 Å². The van der Waals surface area contributed by atoms with Gasteiger partial charge in [0, 0.05) is 19.8 Å². The van der Waals surface area contributed by atoms with E-state index in [4.69, 9.17) is 15.2 Å². The van der Waals surface area contributed by atoms with Gasteiger partial charge in [-0.05, 0) is 39.7 Å². The average Bonchev–Trinajstić information content (AvgIpc) is 2.09. The van der Waals surface area contributed by atoms with Gasteiger partial charge in [0.25, 0.3) is 0 Å². The van der Waals surface area contributed by atoms with E-state index in [1.807, 2.05) is 13.8 Å². The maximum Gasteiger partial charge on any atom is 0.0518 e. The third-order valence-corrected chi connectivity index (χ3v) is 1.63. The van der Waals surface area contributed by atoms with Crippen molar-refractivity contribution in [1.82, 2.24) is 0 Å². The second-order valence-electron chi connectivity index (χ2n) is 3.38. The molecule has 0 bridgehead atoms. The number of rotatable bonds is 9. The molecular formula is C10H23NO2. The van der Waals surface area contributed by atoms with Gasteiger partial charge >= 0.3 is 0 Å². The third kappa shape index (κ3) is 11.9. The van der Waals surface area contributed by atoms with Gasteiger partial charge in [0.15, 0.2) is 0 Å². The molecule has 0 aliphatic carbocycles. The number of hydrogen-bond acceptors (Lipinski definition) is 3. The van der Waals surface area contributed by atoms with Crippen LogP contribution in [0, 0.1) is 0 Å². The van der Waals surface area contributed by atoms with Crippen molar-refractivity contribution in [2.24, 2.45) is 5.73 Å². The molecular weight excluding hydrogens is 166 g/mol. The van der Waals surface area contributed by atoms with Gasteiger partial charge in [-0.3, -0.25) is 0 Å². The van der Waals surface area contributed by atoms with Crippen LogP contribution in [0.4, 0.5) is 0 Å². The topological polar surface area (TPSA) is 44.5 Å². The highest BCUT2D eigenvalue weighted by Gasteiger charge is 1.93. The highest BCUT2D eigenvalue weighted by molar-refractivity contribution is 4.41. The molecule has 0 fully saturated rings. The number of nitrogens with two attached hydrogens (primary N) is 1. The van der Waals surface area contributed by atoms with E-state index in [0.29, 0.717) is 6.10 Å². The molecule has 0 radical (unpaired) electrons. The molecule has 0 atom stereocenters. The van der Waals surface area contributed by atoms with Crippen LogP contribution < -0.4 is 5.73 Å². The van der Waals surface area contributed by atoms with E-state index in [9.17, 15) is 0 Å². The van der Waals surface area contributed by atoms with E-state index in [0.717, 1.165) is 45.6 Å². The Labute approximate surface area is 81.6 Å². The Hall–Kier alpha value is -0.120. The zero-order chi connectivity index (χ0) is 9.94. The first-order valence-electron chi connectivity index (χ1n) is 5.16. The van der Waals surface area contributed by atoms with Crippen molar-refractivity contribution >= 4 is 0 Å². The lowest BCUT2D eigenvalue weighted by atomic mass is 10.3. The van der Waals surface area contributed by atoms with Crippen LogP contribution in [0.5, 0.6) is 0 Å². The third-order valence-electron chi connectivity index (χ3n) is 1.63. The minimum absolute atomic E-state index is 0.331. The van der Waals surface area contributed by atoms with Crippen LogP contribution in [-0.4, -0.2) is 32.5 Å². The fourth-order valence-electron chi connectivity index (χ4n) is 0.931. The maximum absolute atomic E-state index is 5.38. The van der Waals surface area contributed by atoms with Gasteiger partial charge in [-0.25, -0.2) is 0 Å². The molecule has 0 aromatic heterocycles. The summed E-state index contributed by atoms with van der Waals surface area (Å²) in [5.41, 5.74) is 5.35. The molecule has 0 heterocycles. The van der Waals surface area contributed by atoms with E-state index in [1.165, 1.54) is 0 Å². The molecule has 0 aliphatic rings. The van der Waals surface area contributed by atoms with E-state index >= 15 is 0 Å². The van der Waals surface area contributed by atoms with Crippen LogP contribution in [0.25, 0.3) is 0 Å². The molecule has 0 aliphatic heterocycles. The summed E-state index contributed by atoms with van der Waals surface area (Å²) in [5.74, 6) is 0. The van der Waals surface area contributed by atoms with Crippen molar-refractivity contribution in [2.45, 2.75) is 39.2 Å². The van der Waals surface area contributed by atoms with Gasteiger partial charge in [0.2, 0.25) is 0 Å². The minimum atomic E-state index is 0.331. The fourth-order valence-corrected chi connectivity index (χ4v) is 0.931. The molecule has 0 aromatic carbocycles. The minimum Gasteiger partial charge on any atom is -0.381 e. The Morgan fingerprint density at radius 1 is 1.00 bits per heavy atom. The highest BCUT2D eigenvalue weighted by Crippen LogP contribution is 1.93. The summed E-state index contributed by atoms with van der Waals surface area (Å²) in [6, 6.07) is 0. The molecule has 2 N–H and O–H groups in total. The Bertz CT molecular complexity index is 96.9. The van der Waals surface area contributed by atoms with Crippen molar-refractivity contribution < 1.29 is 9.47 Å². The van der Waals surface area contributed by atoms with E-state index in [1.54, 1.807) is 0 Å². The summed E-state index contributed by atoms with van der Waals surface area (Å²) in [5, 5.41) is 0. The largest absolute Gasteiger partial charge is 0.381 e. The first-order chi connectivity index (χ1) is 6.27. The summed E-state index contributed by atoms with van der Waals surface area (Å²) in [7, 11) is 0. The lowest BCUT2D eigenvalue weighted by Crippen LogP contribution is -2.07. The van der Waals surface area contributed by atoms with Crippen molar-refractivity contribution in [2.75, 3.05) is 26.4 Å². The van der Waals surface area contributed by atoms with E-state index in [-0.39, 0.29) is 0 Å². The van der Waals surface area contributed by atoms with Gasteiger partial charge in [-0.15, -0.1) is 0 Å².